The molecule has 2 rings (SSSR count). The van der Waals surface area contributed by atoms with E-state index in [1.54, 1.807) is 12.1 Å². The molecule has 0 saturated heterocycles. The van der Waals surface area contributed by atoms with Crippen molar-refractivity contribution in [3.63, 3.8) is 0 Å². The van der Waals surface area contributed by atoms with Crippen LogP contribution in [0.15, 0.2) is 35.9 Å². The lowest BCUT2D eigenvalue weighted by Crippen LogP contribution is -2.22. The van der Waals surface area contributed by atoms with Gasteiger partial charge in [-0.25, -0.2) is 0 Å². The smallest absolute Gasteiger partial charge is 0.311 e. The maximum Gasteiger partial charge on any atom is 0.311 e. The van der Waals surface area contributed by atoms with Crippen LogP contribution in [0.3, 0.4) is 0 Å². The minimum absolute atomic E-state index is 0.0967. The fraction of sp³-hybridized carbons (Fsp3) is 0.357. The van der Waals surface area contributed by atoms with Crippen molar-refractivity contribution in [2.75, 3.05) is 13.1 Å². The van der Waals surface area contributed by atoms with E-state index >= 15 is 0 Å². The van der Waals surface area contributed by atoms with Gasteiger partial charge in [-0.1, -0.05) is 17.7 Å². The Hall–Kier alpha value is -1.81. The van der Waals surface area contributed by atoms with E-state index in [4.69, 9.17) is 4.74 Å². The summed E-state index contributed by atoms with van der Waals surface area (Å²) in [5, 5.41) is 12.5. The summed E-state index contributed by atoms with van der Waals surface area (Å²) in [5.41, 5.74) is 1.26. The number of esters is 1. The number of ether oxygens (including phenoxy) is 1. The van der Waals surface area contributed by atoms with Gasteiger partial charge in [0.2, 0.25) is 0 Å². The minimum Gasteiger partial charge on any atom is -0.508 e. The van der Waals surface area contributed by atoms with Gasteiger partial charge in [-0.2, -0.15) is 0 Å². The monoisotopic (exact) mass is 247 g/mol. The van der Waals surface area contributed by atoms with Gasteiger partial charge in [0.25, 0.3) is 0 Å². The molecule has 0 atom stereocenters. The second-order valence-corrected chi connectivity index (χ2v) is 4.30. The van der Waals surface area contributed by atoms with Gasteiger partial charge >= 0.3 is 5.97 Å². The molecular formula is C14H17NO3. The van der Waals surface area contributed by atoms with Crippen LogP contribution >= 0.6 is 0 Å². The van der Waals surface area contributed by atoms with Crippen LogP contribution in [0.2, 0.25) is 0 Å². The highest BCUT2D eigenvalue weighted by Gasteiger charge is 2.08. The van der Waals surface area contributed by atoms with E-state index in [9.17, 15) is 9.90 Å². The van der Waals surface area contributed by atoms with Crippen molar-refractivity contribution in [2.24, 2.45) is 0 Å². The molecule has 0 radical (unpaired) electrons. The van der Waals surface area contributed by atoms with E-state index in [0.29, 0.717) is 12.2 Å². The Morgan fingerprint density at radius 3 is 3.06 bits per heavy atom. The summed E-state index contributed by atoms with van der Waals surface area (Å²) in [5.74, 6) is 0.210. The number of carbonyl (C=O) groups excluding carboxylic acids is 1. The lowest BCUT2D eigenvalue weighted by atomic mass is 10.1. The average Bonchev–Trinajstić information content (AvgIpc) is 2.38. The lowest BCUT2D eigenvalue weighted by molar-refractivity contribution is -0.134. The number of aromatic hydroxyl groups is 1. The van der Waals surface area contributed by atoms with Crippen LogP contribution < -0.4 is 10.1 Å². The van der Waals surface area contributed by atoms with Gasteiger partial charge in [0, 0.05) is 19.0 Å². The molecule has 0 spiro atoms. The van der Waals surface area contributed by atoms with Crippen molar-refractivity contribution in [1.29, 1.82) is 0 Å². The van der Waals surface area contributed by atoms with Crippen LogP contribution in [0.4, 0.5) is 0 Å². The Bertz CT molecular complexity index is 454. The highest BCUT2D eigenvalue weighted by Crippen LogP contribution is 2.18. The third kappa shape index (κ3) is 3.89. The van der Waals surface area contributed by atoms with Gasteiger partial charge in [0.1, 0.15) is 11.5 Å². The van der Waals surface area contributed by atoms with Gasteiger partial charge in [-0.05, 0) is 31.5 Å². The van der Waals surface area contributed by atoms with Crippen LogP contribution in [0.25, 0.3) is 0 Å². The number of rotatable bonds is 4. The van der Waals surface area contributed by atoms with E-state index in [-0.39, 0.29) is 11.7 Å². The molecule has 0 aromatic heterocycles. The molecule has 1 aromatic carbocycles. The van der Waals surface area contributed by atoms with E-state index in [2.05, 4.69) is 11.4 Å². The second kappa shape index (κ2) is 6.21. The Labute approximate surface area is 106 Å². The van der Waals surface area contributed by atoms with Crippen LogP contribution in [0.5, 0.6) is 11.5 Å². The van der Waals surface area contributed by atoms with E-state index < -0.39 is 0 Å². The molecule has 0 saturated carbocycles. The van der Waals surface area contributed by atoms with Crippen LogP contribution in [-0.2, 0) is 4.79 Å². The van der Waals surface area contributed by atoms with Gasteiger partial charge < -0.3 is 15.2 Å². The third-order valence-electron chi connectivity index (χ3n) is 2.81. The standard InChI is InChI=1S/C14H17NO3/c16-12-4-1-5-13(9-12)18-14(17)7-6-11-3-2-8-15-10-11/h1,3-5,9,15-16H,2,6-8,10H2. The molecule has 1 heterocycles. The first-order valence-electron chi connectivity index (χ1n) is 6.12. The summed E-state index contributed by atoms with van der Waals surface area (Å²) in [6.45, 7) is 1.87. The first-order valence-corrected chi connectivity index (χ1v) is 6.12. The molecule has 1 aliphatic heterocycles. The van der Waals surface area contributed by atoms with Crippen LogP contribution in [0, 0.1) is 0 Å². The summed E-state index contributed by atoms with van der Waals surface area (Å²) in [4.78, 5) is 11.6. The minimum atomic E-state index is -0.271. The van der Waals surface area contributed by atoms with Crippen molar-refractivity contribution >= 4 is 5.97 Å². The zero-order chi connectivity index (χ0) is 12.8. The predicted octanol–water partition coefficient (Wildman–Crippen LogP) is 2.00. The number of hydrogen-bond donors (Lipinski definition) is 2. The Balaban J connectivity index is 1.80. The van der Waals surface area contributed by atoms with Crippen LogP contribution in [0.1, 0.15) is 19.3 Å². The zero-order valence-corrected chi connectivity index (χ0v) is 10.2. The van der Waals surface area contributed by atoms with E-state index in [1.165, 1.54) is 17.7 Å². The Kier molecular flexibility index (Phi) is 4.36. The lowest BCUT2D eigenvalue weighted by Gasteiger charge is -2.13. The number of carbonyl (C=O) groups is 1. The van der Waals surface area contributed by atoms with Gasteiger partial charge in [0.15, 0.2) is 0 Å². The molecule has 0 amide bonds. The normalized spacial score (nSPS) is 15.0. The van der Waals surface area contributed by atoms with Crippen molar-refractivity contribution < 1.29 is 14.6 Å². The maximum atomic E-state index is 11.6. The zero-order valence-electron chi connectivity index (χ0n) is 10.2. The van der Waals surface area contributed by atoms with Gasteiger partial charge in [-0.3, -0.25) is 4.79 Å². The highest BCUT2D eigenvalue weighted by atomic mass is 16.5. The first kappa shape index (κ1) is 12.6. The van der Waals surface area contributed by atoms with Crippen molar-refractivity contribution in [3.05, 3.63) is 35.9 Å². The SMILES string of the molecule is O=C(CCC1=CCCNC1)Oc1cccc(O)c1. The number of phenolic OH excluding ortho intramolecular Hbond substituents is 1. The summed E-state index contributed by atoms with van der Waals surface area (Å²) in [6.07, 6.45) is 4.29. The summed E-state index contributed by atoms with van der Waals surface area (Å²) in [6, 6.07) is 6.26. The topological polar surface area (TPSA) is 58.6 Å². The number of hydrogen-bond acceptors (Lipinski definition) is 4. The molecule has 96 valence electrons. The number of nitrogens with one attached hydrogen (secondary N) is 1. The molecule has 18 heavy (non-hydrogen) atoms. The summed E-state index contributed by atoms with van der Waals surface area (Å²) >= 11 is 0. The Morgan fingerprint density at radius 2 is 2.33 bits per heavy atom. The molecule has 1 aromatic rings. The third-order valence-corrected chi connectivity index (χ3v) is 2.81. The van der Waals surface area contributed by atoms with Crippen LogP contribution in [-0.4, -0.2) is 24.2 Å². The number of benzene rings is 1. The number of phenols is 1. The molecule has 4 nitrogen and oxygen atoms in total. The fourth-order valence-electron chi connectivity index (χ4n) is 1.88. The average molecular weight is 247 g/mol. The Morgan fingerprint density at radius 1 is 1.44 bits per heavy atom. The molecule has 0 unspecified atom stereocenters. The molecule has 0 fully saturated rings. The molecule has 4 heteroatoms. The molecule has 1 aliphatic rings. The second-order valence-electron chi connectivity index (χ2n) is 4.30. The quantitative estimate of drug-likeness (QED) is 0.485. The van der Waals surface area contributed by atoms with Gasteiger partial charge in [0.05, 0.1) is 0 Å². The van der Waals surface area contributed by atoms with Crippen molar-refractivity contribution in [3.8, 4) is 11.5 Å². The molecule has 0 bridgehead atoms. The van der Waals surface area contributed by atoms with E-state index in [0.717, 1.165) is 25.9 Å². The predicted molar refractivity (Wildman–Crippen MR) is 68.5 cm³/mol. The largest absolute Gasteiger partial charge is 0.508 e. The summed E-state index contributed by atoms with van der Waals surface area (Å²) < 4.78 is 5.14. The highest BCUT2D eigenvalue weighted by molar-refractivity contribution is 5.72. The maximum absolute atomic E-state index is 11.6. The van der Waals surface area contributed by atoms with Gasteiger partial charge in [-0.15, -0.1) is 0 Å². The van der Waals surface area contributed by atoms with E-state index in [1.807, 2.05) is 0 Å². The molecule has 0 aliphatic carbocycles. The van der Waals surface area contributed by atoms with Crippen molar-refractivity contribution in [2.45, 2.75) is 19.3 Å². The summed E-state index contributed by atoms with van der Waals surface area (Å²) in [7, 11) is 0. The molecular weight excluding hydrogens is 230 g/mol. The first-order chi connectivity index (χ1) is 8.74. The van der Waals surface area contributed by atoms with Crippen molar-refractivity contribution in [1.82, 2.24) is 5.32 Å². The fourth-order valence-corrected chi connectivity index (χ4v) is 1.88. The molecule has 2 N–H and O–H groups in total.